The lowest BCUT2D eigenvalue weighted by molar-refractivity contribution is -0.140. The summed E-state index contributed by atoms with van der Waals surface area (Å²) in [7, 11) is 1.69. The predicted octanol–water partition coefficient (Wildman–Crippen LogP) is 0.406. The molecule has 1 rings (SSSR count). The Morgan fingerprint density at radius 1 is 1.50 bits per heavy atom. The number of nitrogens with zero attached hydrogens (tertiary/aromatic N) is 1. The molecular formula is C13H23N3O4. The van der Waals surface area contributed by atoms with Crippen molar-refractivity contribution in [3.8, 4) is 0 Å². The SMILES string of the molecule is CC[C@H](C)[C@H](NC(=O)NC1CCC(=O)N(C)C1)C(=O)O. The fraction of sp³-hybridized carbons (Fsp3) is 0.769. The van der Waals surface area contributed by atoms with Crippen molar-refractivity contribution in [1.82, 2.24) is 15.5 Å². The van der Waals surface area contributed by atoms with E-state index >= 15 is 0 Å². The number of likely N-dealkylation sites (N-methyl/N-ethyl adjacent to an activating group) is 1. The van der Waals surface area contributed by atoms with Crippen LogP contribution in [0.25, 0.3) is 0 Å². The summed E-state index contributed by atoms with van der Waals surface area (Å²) in [6.45, 7) is 4.11. The Hall–Kier alpha value is -1.79. The molecule has 20 heavy (non-hydrogen) atoms. The molecule has 1 aliphatic rings. The number of carbonyl (C=O) groups is 3. The van der Waals surface area contributed by atoms with Crippen LogP contribution >= 0.6 is 0 Å². The maximum Gasteiger partial charge on any atom is 0.326 e. The minimum absolute atomic E-state index is 0.0616. The fourth-order valence-corrected chi connectivity index (χ4v) is 2.18. The second-order valence-corrected chi connectivity index (χ2v) is 5.33. The number of aliphatic carboxylic acids is 1. The summed E-state index contributed by atoms with van der Waals surface area (Å²) in [6, 6.07) is -1.53. The Kier molecular flexibility index (Phi) is 5.79. The monoisotopic (exact) mass is 285 g/mol. The Balaban J connectivity index is 2.50. The van der Waals surface area contributed by atoms with Gasteiger partial charge in [0.05, 0.1) is 0 Å². The molecule has 7 heteroatoms. The van der Waals surface area contributed by atoms with Crippen LogP contribution in [0.15, 0.2) is 0 Å². The number of piperidine rings is 1. The smallest absolute Gasteiger partial charge is 0.326 e. The average molecular weight is 285 g/mol. The fourth-order valence-electron chi connectivity index (χ4n) is 2.18. The number of hydrogen-bond acceptors (Lipinski definition) is 3. The second-order valence-electron chi connectivity index (χ2n) is 5.33. The highest BCUT2D eigenvalue weighted by atomic mass is 16.4. The van der Waals surface area contributed by atoms with Gasteiger partial charge in [0.25, 0.3) is 0 Å². The molecule has 3 N–H and O–H groups in total. The lowest BCUT2D eigenvalue weighted by Gasteiger charge is -2.30. The number of carboxylic acids is 1. The van der Waals surface area contributed by atoms with Crippen LogP contribution in [0.4, 0.5) is 4.79 Å². The minimum Gasteiger partial charge on any atom is -0.480 e. The molecule has 1 unspecified atom stereocenters. The van der Waals surface area contributed by atoms with Crippen LogP contribution in [0.2, 0.25) is 0 Å². The highest BCUT2D eigenvalue weighted by molar-refractivity contribution is 5.83. The third kappa shape index (κ3) is 4.40. The molecule has 1 fully saturated rings. The van der Waals surface area contributed by atoms with E-state index in [2.05, 4.69) is 10.6 Å². The first-order chi connectivity index (χ1) is 9.35. The molecule has 1 saturated heterocycles. The van der Waals surface area contributed by atoms with Crippen molar-refractivity contribution in [2.45, 2.75) is 45.2 Å². The Morgan fingerprint density at radius 3 is 2.65 bits per heavy atom. The molecule has 114 valence electrons. The zero-order valence-electron chi connectivity index (χ0n) is 12.2. The number of carbonyl (C=O) groups excluding carboxylic acids is 2. The van der Waals surface area contributed by atoms with Gasteiger partial charge >= 0.3 is 12.0 Å². The van der Waals surface area contributed by atoms with Crippen molar-refractivity contribution >= 4 is 17.9 Å². The van der Waals surface area contributed by atoms with Crippen molar-refractivity contribution in [3.63, 3.8) is 0 Å². The third-order valence-electron chi connectivity index (χ3n) is 3.73. The lowest BCUT2D eigenvalue weighted by Crippen LogP contribution is -2.55. The molecule has 0 radical (unpaired) electrons. The molecule has 1 heterocycles. The van der Waals surface area contributed by atoms with Crippen LogP contribution in [0.3, 0.4) is 0 Å². The summed E-state index contributed by atoms with van der Waals surface area (Å²) in [5.74, 6) is -1.12. The summed E-state index contributed by atoms with van der Waals surface area (Å²) in [6.07, 6.45) is 1.64. The molecule has 0 aliphatic carbocycles. The van der Waals surface area contributed by atoms with Crippen LogP contribution < -0.4 is 10.6 Å². The van der Waals surface area contributed by atoms with Gasteiger partial charge in [0.1, 0.15) is 6.04 Å². The van der Waals surface area contributed by atoms with E-state index < -0.39 is 18.0 Å². The summed E-state index contributed by atoms with van der Waals surface area (Å²) >= 11 is 0. The number of hydrogen-bond donors (Lipinski definition) is 3. The maximum absolute atomic E-state index is 11.8. The van der Waals surface area contributed by atoms with E-state index in [0.717, 1.165) is 0 Å². The van der Waals surface area contributed by atoms with E-state index in [9.17, 15) is 14.4 Å². The van der Waals surface area contributed by atoms with E-state index in [1.807, 2.05) is 6.92 Å². The molecular weight excluding hydrogens is 262 g/mol. The molecule has 1 aliphatic heterocycles. The van der Waals surface area contributed by atoms with Gasteiger partial charge in [-0.3, -0.25) is 4.79 Å². The molecule has 0 aromatic heterocycles. The Bertz CT molecular complexity index is 386. The van der Waals surface area contributed by atoms with Crippen LogP contribution in [0.1, 0.15) is 33.1 Å². The highest BCUT2D eigenvalue weighted by Gasteiger charge is 2.28. The quantitative estimate of drug-likeness (QED) is 0.681. The summed E-state index contributed by atoms with van der Waals surface area (Å²) in [5.41, 5.74) is 0. The zero-order valence-corrected chi connectivity index (χ0v) is 12.2. The average Bonchev–Trinajstić information content (AvgIpc) is 2.39. The Morgan fingerprint density at radius 2 is 2.15 bits per heavy atom. The van der Waals surface area contributed by atoms with E-state index in [1.165, 1.54) is 0 Å². The maximum atomic E-state index is 11.8. The van der Waals surface area contributed by atoms with Crippen molar-refractivity contribution in [1.29, 1.82) is 0 Å². The van der Waals surface area contributed by atoms with Gasteiger partial charge in [-0.25, -0.2) is 9.59 Å². The number of nitrogens with one attached hydrogen (secondary N) is 2. The first kappa shape index (κ1) is 16.3. The van der Waals surface area contributed by atoms with E-state index in [0.29, 0.717) is 25.8 Å². The van der Waals surface area contributed by atoms with Gasteiger partial charge in [-0.1, -0.05) is 20.3 Å². The first-order valence-electron chi connectivity index (χ1n) is 6.89. The Labute approximate surface area is 118 Å². The van der Waals surface area contributed by atoms with E-state index in [-0.39, 0.29) is 17.9 Å². The van der Waals surface area contributed by atoms with Gasteiger partial charge in [-0.05, 0) is 12.3 Å². The molecule has 3 atom stereocenters. The molecule has 0 spiro atoms. The number of carboxylic acid groups (broad SMARTS) is 1. The van der Waals surface area contributed by atoms with Crippen LogP contribution in [-0.4, -0.2) is 53.6 Å². The largest absolute Gasteiger partial charge is 0.480 e. The second kappa shape index (κ2) is 7.12. The minimum atomic E-state index is -1.04. The van der Waals surface area contributed by atoms with Gasteiger partial charge < -0.3 is 20.6 Å². The molecule has 0 saturated carbocycles. The van der Waals surface area contributed by atoms with E-state index in [4.69, 9.17) is 5.11 Å². The van der Waals surface area contributed by atoms with Gasteiger partial charge in [0.2, 0.25) is 5.91 Å². The molecule has 7 nitrogen and oxygen atoms in total. The topological polar surface area (TPSA) is 98.7 Å². The predicted molar refractivity (Wildman–Crippen MR) is 73.2 cm³/mol. The molecule has 0 bridgehead atoms. The van der Waals surface area contributed by atoms with Crippen molar-refractivity contribution in [3.05, 3.63) is 0 Å². The first-order valence-corrected chi connectivity index (χ1v) is 6.89. The highest BCUT2D eigenvalue weighted by Crippen LogP contribution is 2.10. The van der Waals surface area contributed by atoms with E-state index in [1.54, 1.807) is 18.9 Å². The number of urea groups is 1. The standard InChI is InChI=1S/C13H23N3O4/c1-4-8(2)11(12(18)19)15-13(20)14-9-5-6-10(17)16(3)7-9/h8-9,11H,4-7H2,1-3H3,(H,18,19)(H2,14,15,20)/t8-,9?,11-/m0/s1. The zero-order chi connectivity index (χ0) is 15.3. The molecule has 0 aromatic carbocycles. The van der Waals surface area contributed by atoms with Gasteiger partial charge in [-0.15, -0.1) is 0 Å². The van der Waals surface area contributed by atoms with Crippen molar-refractivity contribution in [2.75, 3.05) is 13.6 Å². The summed E-state index contributed by atoms with van der Waals surface area (Å²) in [4.78, 5) is 35.9. The number of rotatable bonds is 5. The van der Waals surface area contributed by atoms with Crippen LogP contribution in [0, 0.1) is 5.92 Å². The van der Waals surface area contributed by atoms with Crippen LogP contribution in [0.5, 0.6) is 0 Å². The van der Waals surface area contributed by atoms with Crippen molar-refractivity contribution < 1.29 is 19.5 Å². The number of amides is 3. The summed E-state index contributed by atoms with van der Waals surface area (Å²) in [5, 5.41) is 14.3. The lowest BCUT2D eigenvalue weighted by atomic mass is 9.99. The molecule has 3 amide bonds. The summed E-state index contributed by atoms with van der Waals surface area (Å²) < 4.78 is 0. The number of likely N-dealkylation sites (tertiary alicyclic amines) is 1. The van der Waals surface area contributed by atoms with Gasteiger partial charge in [0.15, 0.2) is 0 Å². The van der Waals surface area contributed by atoms with Crippen molar-refractivity contribution in [2.24, 2.45) is 5.92 Å². The van der Waals surface area contributed by atoms with Crippen LogP contribution in [-0.2, 0) is 9.59 Å². The van der Waals surface area contributed by atoms with Gasteiger partial charge in [0, 0.05) is 26.1 Å². The third-order valence-corrected chi connectivity index (χ3v) is 3.73. The molecule has 0 aromatic rings. The van der Waals surface area contributed by atoms with Gasteiger partial charge in [-0.2, -0.15) is 0 Å². The normalized spacial score (nSPS) is 22.1.